The minimum Gasteiger partial charge on any atom is -0.466 e. The van der Waals surface area contributed by atoms with Crippen LogP contribution in [0.1, 0.15) is 29.6 Å². The molecule has 2 heterocycles. The molecule has 0 spiro atoms. The predicted molar refractivity (Wildman–Crippen MR) is 83.7 cm³/mol. The van der Waals surface area contributed by atoms with E-state index in [9.17, 15) is 9.90 Å². The Morgan fingerprint density at radius 2 is 2.14 bits per heavy atom. The third-order valence-corrected chi connectivity index (χ3v) is 3.48. The number of nitrogens with one attached hydrogen (secondary N) is 2. The van der Waals surface area contributed by atoms with Crippen LogP contribution in [-0.2, 0) is 5.60 Å². The fourth-order valence-corrected chi connectivity index (χ4v) is 2.29. The number of hydrogen-bond acceptors (Lipinski definition) is 4. The molecule has 1 unspecified atom stereocenters. The summed E-state index contributed by atoms with van der Waals surface area (Å²) in [5.74, 6) is 1.37. The zero-order chi connectivity index (χ0) is 16.3. The van der Waals surface area contributed by atoms with Crippen molar-refractivity contribution in [3.8, 4) is 0 Å². The van der Waals surface area contributed by atoms with Crippen molar-refractivity contribution in [2.75, 3.05) is 11.9 Å². The van der Waals surface area contributed by atoms with Gasteiger partial charge < -0.3 is 20.2 Å². The van der Waals surface area contributed by atoms with Crippen LogP contribution in [-0.4, -0.2) is 22.7 Å². The summed E-state index contributed by atoms with van der Waals surface area (Å²) >= 11 is 0. The van der Waals surface area contributed by atoms with Crippen LogP contribution in [0.3, 0.4) is 0 Å². The van der Waals surface area contributed by atoms with E-state index in [1.54, 1.807) is 38.4 Å². The predicted octanol–water partition coefficient (Wildman–Crippen LogP) is 2.63. The highest BCUT2D eigenvalue weighted by atomic mass is 16.3. The van der Waals surface area contributed by atoms with Gasteiger partial charge in [0, 0.05) is 23.6 Å². The van der Waals surface area contributed by atoms with Gasteiger partial charge in [-0.15, -0.1) is 0 Å². The number of rotatable bonds is 4. The van der Waals surface area contributed by atoms with Gasteiger partial charge in [-0.05, 0) is 45.4 Å². The molecule has 0 aliphatic heterocycles. The first kappa shape index (κ1) is 16.0. The zero-order valence-electron chi connectivity index (χ0n) is 13.2. The zero-order valence-corrected chi connectivity index (χ0v) is 13.2. The van der Waals surface area contributed by atoms with Gasteiger partial charge in [0.25, 0.3) is 0 Å². The number of hydrogen-bond donors (Lipinski definition) is 3. The number of aromatic nitrogens is 1. The number of aryl methyl sites for hydroxylation is 3. The SMILES string of the molecule is Cc1cc(C(C)(O)CNC(=O)Nc2ccncc2C)c(C)o1. The van der Waals surface area contributed by atoms with E-state index >= 15 is 0 Å². The maximum atomic E-state index is 12.0. The Balaban J connectivity index is 1.98. The summed E-state index contributed by atoms with van der Waals surface area (Å²) in [6.07, 6.45) is 3.28. The van der Waals surface area contributed by atoms with E-state index in [0.29, 0.717) is 17.0 Å². The highest BCUT2D eigenvalue weighted by Gasteiger charge is 2.28. The standard InChI is InChI=1S/C16H21N3O3/c1-10-8-17-6-5-14(10)19-15(20)18-9-16(4,21)13-7-11(2)22-12(13)3/h5-8,21H,9H2,1-4H3,(H2,17,18,19,20). The largest absolute Gasteiger partial charge is 0.466 e. The Hall–Kier alpha value is -2.34. The number of nitrogens with zero attached hydrogens (tertiary/aromatic N) is 1. The lowest BCUT2D eigenvalue weighted by Gasteiger charge is -2.23. The summed E-state index contributed by atoms with van der Waals surface area (Å²) in [6, 6.07) is 3.12. The summed E-state index contributed by atoms with van der Waals surface area (Å²) in [4.78, 5) is 15.9. The quantitative estimate of drug-likeness (QED) is 0.810. The number of anilines is 1. The first-order valence-electron chi connectivity index (χ1n) is 7.05. The van der Waals surface area contributed by atoms with Gasteiger partial charge in [-0.3, -0.25) is 4.98 Å². The molecule has 22 heavy (non-hydrogen) atoms. The highest BCUT2D eigenvalue weighted by molar-refractivity contribution is 5.89. The molecule has 2 rings (SSSR count). The molecule has 0 saturated carbocycles. The molecule has 0 saturated heterocycles. The van der Waals surface area contributed by atoms with Gasteiger partial charge in [0.2, 0.25) is 0 Å². The van der Waals surface area contributed by atoms with Gasteiger partial charge in [0.15, 0.2) is 0 Å². The van der Waals surface area contributed by atoms with Crippen LogP contribution < -0.4 is 10.6 Å². The molecule has 2 aromatic rings. The number of carbonyl (C=O) groups excluding carboxylic acids is 1. The Bertz CT molecular complexity index is 677. The Morgan fingerprint density at radius 3 is 2.73 bits per heavy atom. The molecule has 0 bridgehead atoms. The molecule has 2 aromatic heterocycles. The summed E-state index contributed by atoms with van der Waals surface area (Å²) in [5, 5.41) is 15.9. The summed E-state index contributed by atoms with van der Waals surface area (Å²) in [7, 11) is 0. The monoisotopic (exact) mass is 303 g/mol. The number of amides is 2. The Morgan fingerprint density at radius 1 is 1.41 bits per heavy atom. The molecule has 118 valence electrons. The minimum absolute atomic E-state index is 0.0722. The average molecular weight is 303 g/mol. The molecule has 0 aliphatic carbocycles. The van der Waals surface area contributed by atoms with Crippen molar-refractivity contribution in [1.82, 2.24) is 10.3 Å². The molecule has 3 N–H and O–H groups in total. The first-order chi connectivity index (χ1) is 10.3. The van der Waals surface area contributed by atoms with Crippen LogP contribution in [0.4, 0.5) is 10.5 Å². The number of aliphatic hydroxyl groups is 1. The number of carbonyl (C=O) groups is 1. The van der Waals surface area contributed by atoms with Crippen molar-refractivity contribution >= 4 is 11.7 Å². The summed E-state index contributed by atoms with van der Waals surface area (Å²) in [5.41, 5.74) is 1.02. The van der Waals surface area contributed by atoms with E-state index in [1.807, 2.05) is 13.8 Å². The molecule has 6 heteroatoms. The van der Waals surface area contributed by atoms with Gasteiger partial charge in [-0.2, -0.15) is 0 Å². The maximum absolute atomic E-state index is 12.0. The van der Waals surface area contributed by atoms with Crippen LogP contribution in [0, 0.1) is 20.8 Å². The smallest absolute Gasteiger partial charge is 0.319 e. The van der Waals surface area contributed by atoms with Crippen LogP contribution in [0.5, 0.6) is 0 Å². The number of furan rings is 1. The van der Waals surface area contributed by atoms with Gasteiger partial charge in [-0.1, -0.05) is 0 Å². The van der Waals surface area contributed by atoms with E-state index in [2.05, 4.69) is 15.6 Å². The molecule has 0 aliphatic rings. The highest BCUT2D eigenvalue weighted by Crippen LogP contribution is 2.26. The lowest BCUT2D eigenvalue weighted by atomic mass is 9.96. The average Bonchev–Trinajstić information content (AvgIpc) is 2.79. The molecule has 6 nitrogen and oxygen atoms in total. The summed E-state index contributed by atoms with van der Waals surface area (Å²) < 4.78 is 5.42. The van der Waals surface area contributed by atoms with Gasteiger partial charge in [-0.25, -0.2) is 4.79 Å². The van der Waals surface area contributed by atoms with E-state index in [0.717, 1.165) is 11.3 Å². The molecular weight excluding hydrogens is 282 g/mol. The van der Waals surface area contributed by atoms with E-state index < -0.39 is 5.60 Å². The second-order valence-corrected chi connectivity index (χ2v) is 5.60. The van der Waals surface area contributed by atoms with Crippen LogP contribution in [0.15, 0.2) is 28.9 Å². The molecule has 0 radical (unpaired) electrons. The van der Waals surface area contributed by atoms with Crippen molar-refractivity contribution < 1.29 is 14.3 Å². The Kier molecular flexibility index (Phi) is 4.51. The van der Waals surface area contributed by atoms with Crippen molar-refractivity contribution in [2.45, 2.75) is 33.3 Å². The van der Waals surface area contributed by atoms with Crippen molar-refractivity contribution in [3.63, 3.8) is 0 Å². The topological polar surface area (TPSA) is 87.4 Å². The van der Waals surface area contributed by atoms with Crippen LogP contribution >= 0.6 is 0 Å². The Labute approximate surface area is 129 Å². The van der Waals surface area contributed by atoms with Crippen molar-refractivity contribution in [1.29, 1.82) is 0 Å². The normalized spacial score (nSPS) is 13.5. The first-order valence-corrected chi connectivity index (χ1v) is 7.05. The van der Waals surface area contributed by atoms with Crippen LogP contribution in [0.25, 0.3) is 0 Å². The fraction of sp³-hybridized carbons (Fsp3) is 0.375. The van der Waals surface area contributed by atoms with Gasteiger partial charge >= 0.3 is 6.03 Å². The third-order valence-electron chi connectivity index (χ3n) is 3.48. The van der Waals surface area contributed by atoms with E-state index in [4.69, 9.17) is 4.42 Å². The lowest BCUT2D eigenvalue weighted by Crippen LogP contribution is -2.40. The van der Waals surface area contributed by atoms with E-state index in [-0.39, 0.29) is 12.6 Å². The second-order valence-electron chi connectivity index (χ2n) is 5.60. The molecular formula is C16H21N3O3. The molecule has 2 amide bonds. The number of pyridine rings is 1. The molecule has 1 atom stereocenters. The van der Waals surface area contributed by atoms with Crippen molar-refractivity contribution in [3.05, 3.63) is 47.2 Å². The van der Waals surface area contributed by atoms with Crippen molar-refractivity contribution in [2.24, 2.45) is 0 Å². The van der Waals surface area contributed by atoms with Crippen LogP contribution in [0.2, 0.25) is 0 Å². The molecule has 0 fully saturated rings. The second kappa shape index (κ2) is 6.19. The third kappa shape index (κ3) is 3.65. The lowest BCUT2D eigenvalue weighted by molar-refractivity contribution is 0.0584. The van der Waals surface area contributed by atoms with E-state index in [1.165, 1.54) is 0 Å². The number of urea groups is 1. The maximum Gasteiger partial charge on any atom is 0.319 e. The minimum atomic E-state index is -1.20. The van der Waals surface area contributed by atoms with Gasteiger partial charge in [0.1, 0.15) is 17.1 Å². The molecule has 0 aromatic carbocycles. The fourth-order valence-electron chi connectivity index (χ4n) is 2.29. The van der Waals surface area contributed by atoms with Gasteiger partial charge in [0.05, 0.1) is 6.54 Å². The summed E-state index contributed by atoms with van der Waals surface area (Å²) in [6.45, 7) is 7.18.